The van der Waals surface area contributed by atoms with Crippen LogP contribution in [0.15, 0.2) is 109 Å². The standard InChI is InChI=1S/C62H76F2O8/c1-3-5-7-9-11-13-15-17-19-21-23-25-28-47-32-36-49(37-33-47)59(65)71-57-42-40-51(44-55(57)63)61(67)69-53-30-27-31-54(46-53)70-62(68)52-41-43-58(56(64)45-52)72-60(66)50-38-34-48(35-39-50)29-26-24-22-20-18-16-14-12-10-8-6-4-2/h27,30-46H,3-26,28-29H2,1-2H3. The quantitative estimate of drug-likeness (QED) is 0.0228. The molecule has 0 fully saturated rings. The molecule has 0 aliphatic carbocycles. The Morgan fingerprint density at radius 1 is 0.333 bits per heavy atom. The predicted octanol–water partition coefficient (Wildman–Crippen LogP) is 17.3. The molecule has 8 nitrogen and oxygen atoms in total. The average Bonchev–Trinajstić information content (AvgIpc) is 3.38. The van der Waals surface area contributed by atoms with E-state index in [1.165, 1.54) is 190 Å². The molecule has 0 aromatic heterocycles. The monoisotopic (exact) mass is 987 g/mol. The van der Waals surface area contributed by atoms with Crippen molar-refractivity contribution in [2.75, 3.05) is 0 Å². The van der Waals surface area contributed by atoms with Crippen LogP contribution in [0.25, 0.3) is 0 Å². The van der Waals surface area contributed by atoms with Gasteiger partial charge in [0.2, 0.25) is 0 Å². The molecule has 0 saturated carbocycles. The normalized spacial score (nSPS) is 11.1. The summed E-state index contributed by atoms with van der Waals surface area (Å²) >= 11 is 0. The van der Waals surface area contributed by atoms with E-state index in [2.05, 4.69) is 13.8 Å². The van der Waals surface area contributed by atoms with E-state index in [-0.39, 0.29) is 45.3 Å². The molecule has 0 aliphatic heterocycles. The molecule has 0 heterocycles. The smallest absolute Gasteiger partial charge is 0.343 e. The van der Waals surface area contributed by atoms with E-state index in [4.69, 9.17) is 18.9 Å². The number of halogens is 2. The number of benzene rings is 5. The predicted molar refractivity (Wildman–Crippen MR) is 282 cm³/mol. The van der Waals surface area contributed by atoms with Gasteiger partial charge in [0, 0.05) is 6.07 Å². The maximum Gasteiger partial charge on any atom is 0.343 e. The van der Waals surface area contributed by atoms with Crippen molar-refractivity contribution >= 4 is 23.9 Å². The molecule has 0 saturated heterocycles. The van der Waals surface area contributed by atoms with Crippen LogP contribution >= 0.6 is 0 Å². The highest BCUT2D eigenvalue weighted by Gasteiger charge is 2.19. The van der Waals surface area contributed by atoms with E-state index in [1.54, 1.807) is 24.3 Å². The zero-order valence-electron chi connectivity index (χ0n) is 42.8. The van der Waals surface area contributed by atoms with Crippen molar-refractivity contribution in [1.82, 2.24) is 0 Å². The number of carbonyl (C=O) groups excluding carboxylic acids is 4. The van der Waals surface area contributed by atoms with Gasteiger partial charge in [0.25, 0.3) is 0 Å². The van der Waals surface area contributed by atoms with Gasteiger partial charge in [0.05, 0.1) is 22.3 Å². The van der Waals surface area contributed by atoms with Crippen LogP contribution in [0, 0.1) is 11.6 Å². The van der Waals surface area contributed by atoms with Crippen LogP contribution in [0.4, 0.5) is 8.78 Å². The van der Waals surface area contributed by atoms with Crippen molar-refractivity contribution < 1.29 is 46.9 Å². The van der Waals surface area contributed by atoms with E-state index in [9.17, 15) is 19.2 Å². The molecule has 5 aromatic carbocycles. The van der Waals surface area contributed by atoms with Crippen molar-refractivity contribution in [3.8, 4) is 23.0 Å². The van der Waals surface area contributed by atoms with Crippen LogP contribution in [0.3, 0.4) is 0 Å². The molecule has 386 valence electrons. The lowest BCUT2D eigenvalue weighted by Gasteiger charge is -2.10. The summed E-state index contributed by atoms with van der Waals surface area (Å²) < 4.78 is 51.7. The second kappa shape index (κ2) is 32.7. The number of aryl methyl sites for hydroxylation is 2. The van der Waals surface area contributed by atoms with Crippen LogP contribution in [-0.2, 0) is 12.8 Å². The molecule has 0 aliphatic rings. The summed E-state index contributed by atoms with van der Waals surface area (Å²) in [5.41, 5.74) is 2.47. The molecule has 0 bridgehead atoms. The van der Waals surface area contributed by atoms with E-state index < -0.39 is 35.5 Å². The topological polar surface area (TPSA) is 105 Å². The fraction of sp³-hybridized carbons (Fsp3) is 0.452. The van der Waals surface area contributed by atoms with E-state index >= 15 is 8.78 Å². The van der Waals surface area contributed by atoms with Crippen molar-refractivity contribution in [1.29, 1.82) is 0 Å². The largest absolute Gasteiger partial charge is 0.423 e. The molecule has 0 amide bonds. The Bertz CT molecular complexity index is 2250. The van der Waals surface area contributed by atoms with Crippen LogP contribution < -0.4 is 18.9 Å². The van der Waals surface area contributed by atoms with Crippen molar-refractivity contribution in [2.24, 2.45) is 0 Å². The summed E-state index contributed by atoms with van der Waals surface area (Å²) in [6.07, 6.45) is 32.7. The van der Waals surface area contributed by atoms with Crippen LogP contribution in [0.5, 0.6) is 23.0 Å². The van der Waals surface area contributed by atoms with E-state index in [0.29, 0.717) is 0 Å². The summed E-state index contributed by atoms with van der Waals surface area (Å²) in [6, 6.07) is 26.5. The number of hydrogen-bond donors (Lipinski definition) is 0. The van der Waals surface area contributed by atoms with Gasteiger partial charge in [0.1, 0.15) is 11.5 Å². The first-order valence-electron chi connectivity index (χ1n) is 26.9. The Morgan fingerprint density at radius 2 is 0.625 bits per heavy atom. The molecule has 0 unspecified atom stereocenters. The second-order valence-electron chi connectivity index (χ2n) is 19.0. The van der Waals surface area contributed by atoms with Crippen LogP contribution in [0.2, 0.25) is 0 Å². The lowest BCUT2D eigenvalue weighted by Crippen LogP contribution is -2.12. The van der Waals surface area contributed by atoms with Gasteiger partial charge in [-0.15, -0.1) is 0 Å². The minimum atomic E-state index is -0.939. The number of unbranched alkanes of at least 4 members (excludes halogenated alkanes) is 22. The van der Waals surface area contributed by atoms with Crippen LogP contribution in [-0.4, -0.2) is 23.9 Å². The Hall–Kier alpha value is -6.16. The van der Waals surface area contributed by atoms with Crippen molar-refractivity contribution in [3.63, 3.8) is 0 Å². The first kappa shape index (κ1) is 56.8. The highest BCUT2D eigenvalue weighted by Crippen LogP contribution is 2.26. The first-order valence-corrected chi connectivity index (χ1v) is 26.9. The lowest BCUT2D eigenvalue weighted by atomic mass is 10.0. The van der Waals surface area contributed by atoms with Gasteiger partial charge >= 0.3 is 23.9 Å². The SMILES string of the molecule is CCCCCCCCCCCCCCc1ccc(C(=O)Oc2ccc(C(=O)Oc3cccc(OC(=O)c4ccc(OC(=O)c5ccc(CCCCCCCCCCCCCC)cc5)c(F)c4)c3)cc2F)cc1. The third-order valence-corrected chi connectivity index (χ3v) is 13.0. The zero-order chi connectivity index (χ0) is 51.2. The zero-order valence-corrected chi connectivity index (χ0v) is 42.8. The van der Waals surface area contributed by atoms with Gasteiger partial charge < -0.3 is 18.9 Å². The highest BCUT2D eigenvalue weighted by molar-refractivity contribution is 5.94. The highest BCUT2D eigenvalue weighted by atomic mass is 19.1. The minimum Gasteiger partial charge on any atom is -0.423 e. The molecule has 72 heavy (non-hydrogen) atoms. The Morgan fingerprint density at radius 3 is 0.944 bits per heavy atom. The summed E-state index contributed by atoms with van der Waals surface area (Å²) in [4.78, 5) is 51.7. The molecule has 0 spiro atoms. The van der Waals surface area contributed by atoms with E-state index in [1.807, 2.05) is 24.3 Å². The number of hydrogen-bond acceptors (Lipinski definition) is 8. The number of rotatable bonds is 34. The summed E-state index contributed by atoms with van der Waals surface area (Å²) in [6.45, 7) is 4.49. The minimum absolute atomic E-state index is 0.0192. The Labute approximate surface area is 427 Å². The number of esters is 4. The second-order valence-corrected chi connectivity index (χ2v) is 19.0. The maximum absolute atomic E-state index is 15.1. The maximum atomic E-state index is 15.1. The van der Waals surface area contributed by atoms with Gasteiger partial charge in [0.15, 0.2) is 23.1 Å². The van der Waals surface area contributed by atoms with Gasteiger partial charge in [-0.05, 0) is 110 Å². The van der Waals surface area contributed by atoms with Crippen molar-refractivity contribution in [2.45, 2.75) is 181 Å². The third kappa shape index (κ3) is 20.9. The molecule has 0 radical (unpaired) electrons. The van der Waals surface area contributed by atoms with Crippen LogP contribution in [0.1, 0.15) is 221 Å². The Balaban J connectivity index is 0.995. The molecular formula is C62H76F2O8. The van der Waals surface area contributed by atoms with Crippen molar-refractivity contribution in [3.05, 3.63) is 154 Å². The molecule has 0 atom stereocenters. The average molecular weight is 987 g/mol. The molecule has 5 rings (SSSR count). The number of carbonyl (C=O) groups is 4. The lowest BCUT2D eigenvalue weighted by molar-refractivity contribution is 0.0716. The first-order chi connectivity index (χ1) is 35.1. The fourth-order valence-electron chi connectivity index (χ4n) is 8.63. The third-order valence-electron chi connectivity index (χ3n) is 13.0. The number of ether oxygens (including phenoxy) is 4. The van der Waals surface area contributed by atoms with E-state index in [0.717, 1.165) is 48.9 Å². The summed E-state index contributed by atoms with van der Waals surface area (Å²) in [5.74, 6) is -5.91. The summed E-state index contributed by atoms with van der Waals surface area (Å²) in [7, 11) is 0. The van der Waals surface area contributed by atoms with Gasteiger partial charge in [-0.3, -0.25) is 0 Å². The van der Waals surface area contributed by atoms with Gasteiger partial charge in [-0.25, -0.2) is 28.0 Å². The van der Waals surface area contributed by atoms with Gasteiger partial charge in [-0.2, -0.15) is 0 Å². The molecule has 0 N–H and O–H groups in total. The Kier molecular flexibility index (Phi) is 25.8. The van der Waals surface area contributed by atoms with Gasteiger partial charge in [-0.1, -0.05) is 185 Å². The molecular weight excluding hydrogens is 911 g/mol. The molecule has 10 heteroatoms. The fourth-order valence-corrected chi connectivity index (χ4v) is 8.63. The summed E-state index contributed by atoms with van der Waals surface area (Å²) in [5, 5.41) is 0. The molecule has 5 aromatic rings.